The topological polar surface area (TPSA) is 49.3 Å². The van der Waals surface area contributed by atoms with Crippen molar-refractivity contribution in [2.75, 3.05) is 24.5 Å². The molecule has 2 aromatic heterocycles. The van der Waals surface area contributed by atoms with Crippen LogP contribution in [0.2, 0.25) is 0 Å². The smallest absolute Gasteiger partial charge is 0.227 e. The Bertz CT molecular complexity index is 717. The molecule has 2 aliphatic rings. The molecule has 24 heavy (non-hydrogen) atoms. The maximum absolute atomic E-state index is 13.1. The van der Waals surface area contributed by atoms with Gasteiger partial charge in [0.2, 0.25) is 5.91 Å². The zero-order chi connectivity index (χ0) is 16.5. The first-order valence-corrected chi connectivity index (χ1v) is 9.49. The Kier molecular flexibility index (Phi) is 4.22. The molecule has 6 heteroatoms. The van der Waals surface area contributed by atoms with Gasteiger partial charge in [0.25, 0.3) is 0 Å². The van der Waals surface area contributed by atoms with Gasteiger partial charge in [0.1, 0.15) is 5.82 Å². The molecule has 0 spiro atoms. The maximum Gasteiger partial charge on any atom is 0.227 e. The molecule has 4 rings (SSSR count). The highest BCUT2D eigenvalue weighted by Gasteiger charge is 2.34. The Labute approximate surface area is 146 Å². The van der Waals surface area contributed by atoms with Gasteiger partial charge in [-0.25, -0.2) is 4.98 Å². The second-order valence-corrected chi connectivity index (χ2v) is 7.61. The number of amides is 1. The van der Waals surface area contributed by atoms with Gasteiger partial charge in [-0.1, -0.05) is 0 Å². The Morgan fingerprint density at radius 2 is 2.25 bits per heavy atom. The SMILES string of the molecule is C[C@H]1c2ccsc2CCN1C(=O)[C@@H]1CCCN(c2cnccn2)C1. The van der Waals surface area contributed by atoms with E-state index in [-0.39, 0.29) is 12.0 Å². The van der Waals surface area contributed by atoms with Crippen molar-refractivity contribution in [1.29, 1.82) is 0 Å². The van der Waals surface area contributed by atoms with Gasteiger partial charge in [-0.2, -0.15) is 0 Å². The van der Waals surface area contributed by atoms with Crippen LogP contribution >= 0.6 is 11.3 Å². The van der Waals surface area contributed by atoms with Gasteiger partial charge in [0.15, 0.2) is 0 Å². The van der Waals surface area contributed by atoms with E-state index < -0.39 is 0 Å². The highest BCUT2D eigenvalue weighted by Crippen LogP contribution is 2.34. The second-order valence-electron chi connectivity index (χ2n) is 6.61. The molecule has 2 atom stereocenters. The normalized spacial score (nSPS) is 23.9. The number of carbonyl (C=O) groups is 1. The minimum Gasteiger partial charge on any atom is -0.355 e. The molecule has 2 aromatic rings. The van der Waals surface area contributed by atoms with Crippen molar-refractivity contribution in [3.8, 4) is 0 Å². The molecule has 0 aromatic carbocycles. The van der Waals surface area contributed by atoms with Gasteiger partial charge in [-0.3, -0.25) is 9.78 Å². The number of rotatable bonds is 2. The van der Waals surface area contributed by atoms with E-state index in [1.807, 2.05) is 11.3 Å². The van der Waals surface area contributed by atoms with Crippen LogP contribution in [0.3, 0.4) is 0 Å². The third kappa shape index (κ3) is 2.79. The summed E-state index contributed by atoms with van der Waals surface area (Å²) in [5.74, 6) is 1.23. The van der Waals surface area contributed by atoms with Gasteiger partial charge in [0, 0.05) is 36.9 Å². The first kappa shape index (κ1) is 15.6. The van der Waals surface area contributed by atoms with E-state index in [4.69, 9.17) is 0 Å². The molecule has 2 aliphatic heterocycles. The third-order valence-corrected chi connectivity index (χ3v) is 6.20. The molecule has 0 unspecified atom stereocenters. The van der Waals surface area contributed by atoms with Crippen molar-refractivity contribution in [2.45, 2.75) is 32.2 Å². The lowest BCUT2D eigenvalue weighted by atomic mass is 9.93. The number of hydrogen-bond acceptors (Lipinski definition) is 5. The molecule has 0 radical (unpaired) electrons. The van der Waals surface area contributed by atoms with Crippen molar-refractivity contribution < 1.29 is 4.79 Å². The summed E-state index contributed by atoms with van der Waals surface area (Å²) in [5.41, 5.74) is 1.33. The summed E-state index contributed by atoms with van der Waals surface area (Å²) in [4.78, 5) is 27.4. The fourth-order valence-electron chi connectivity index (χ4n) is 3.89. The monoisotopic (exact) mass is 342 g/mol. The molecule has 0 bridgehead atoms. The molecule has 1 amide bonds. The van der Waals surface area contributed by atoms with Gasteiger partial charge in [-0.05, 0) is 43.2 Å². The zero-order valence-corrected chi connectivity index (χ0v) is 14.7. The largest absolute Gasteiger partial charge is 0.355 e. The van der Waals surface area contributed by atoms with Gasteiger partial charge >= 0.3 is 0 Å². The van der Waals surface area contributed by atoms with Gasteiger partial charge in [0.05, 0.1) is 18.2 Å². The highest BCUT2D eigenvalue weighted by atomic mass is 32.1. The Morgan fingerprint density at radius 1 is 1.33 bits per heavy atom. The quantitative estimate of drug-likeness (QED) is 0.842. The van der Waals surface area contributed by atoms with Crippen LogP contribution in [0.25, 0.3) is 0 Å². The number of aromatic nitrogens is 2. The fourth-order valence-corrected chi connectivity index (χ4v) is 4.85. The number of nitrogens with zero attached hydrogens (tertiary/aromatic N) is 4. The zero-order valence-electron chi connectivity index (χ0n) is 13.9. The molecule has 4 heterocycles. The highest BCUT2D eigenvalue weighted by molar-refractivity contribution is 7.10. The molecule has 1 saturated heterocycles. The summed E-state index contributed by atoms with van der Waals surface area (Å²) in [5, 5.41) is 2.14. The molecule has 5 nitrogen and oxygen atoms in total. The number of hydrogen-bond donors (Lipinski definition) is 0. The number of thiophene rings is 1. The Morgan fingerprint density at radius 3 is 3.08 bits per heavy atom. The average molecular weight is 342 g/mol. The van der Waals surface area contributed by atoms with Crippen LogP contribution in [0, 0.1) is 5.92 Å². The van der Waals surface area contributed by atoms with Crippen molar-refractivity contribution >= 4 is 23.1 Å². The van der Waals surface area contributed by atoms with E-state index in [2.05, 4.69) is 38.1 Å². The average Bonchev–Trinajstić information content (AvgIpc) is 3.12. The minimum atomic E-state index is 0.0587. The lowest BCUT2D eigenvalue weighted by molar-refractivity contribution is -0.138. The number of fused-ring (bicyclic) bond motifs is 1. The van der Waals surface area contributed by atoms with Crippen LogP contribution in [0.15, 0.2) is 30.0 Å². The van der Waals surface area contributed by atoms with Gasteiger partial charge in [-0.15, -0.1) is 11.3 Å². The lowest BCUT2D eigenvalue weighted by Crippen LogP contribution is -2.47. The summed E-state index contributed by atoms with van der Waals surface area (Å²) in [6, 6.07) is 2.37. The first-order chi connectivity index (χ1) is 11.7. The van der Waals surface area contributed by atoms with Crippen LogP contribution in [-0.4, -0.2) is 40.4 Å². The summed E-state index contributed by atoms with van der Waals surface area (Å²) >= 11 is 1.81. The maximum atomic E-state index is 13.1. The summed E-state index contributed by atoms with van der Waals surface area (Å²) in [6.07, 6.45) is 8.17. The molecule has 0 saturated carbocycles. The van der Waals surface area contributed by atoms with Gasteiger partial charge < -0.3 is 9.80 Å². The summed E-state index contributed by atoms with van der Waals surface area (Å²) in [7, 11) is 0. The van der Waals surface area contributed by atoms with Crippen LogP contribution in [-0.2, 0) is 11.2 Å². The molecule has 126 valence electrons. The van der Waals surface area contributed by atoms with Crippen molar-refractivity contribution in [1.82, 2.24) is 14.9 Å². The van der Waals surface area contributed by atoms with Crippen LogP contribution in [0.5, 0.6) is 0 Å². The van der Waals surface area contributed by atoms with E-state index in [0.29, 0.717) is 5.91 Å². The fraction of sp³-hybridized carbons (Fsp3) is 0.500. The Hall–Kier alpha value is -1.95. The van der Waals surface area contributed by atoms with E-state index >= 15 is 0 Å². The van der Waals surface area contributed by atoms with Crippen molar-refractivity contribution in [2.24, 2.45) is 5.92 Å². The molecule has 1 fully saturated rings. The molecule has 0 N–H and O–H groups in total. The Balaban J connectivity index is 1.48. The van der Waals surface area contributed by atoms with Crippen molar-refractivity contribution in [3.63, 3.8) is 0 Å². The summed E-state index contributed by atoms with van der Waals surface area (Å²) in [6.45, 7) is 4.70. The van der Waals surface area contributed by atoms with E-state index in [1.54, 1.807) is 18.6 Å². The molecule has 0 aliphatic carbocycles. The molecular weight excluding hydrogens is 320 g/mol. The predicted octanol–water partition coefficient (Wildman–Crippen LogP) is 2.90. The predicted molar refractivity (Wildman–Crippen MR) is 95.1 cm³/mol. The number of piperidine rings is 1. The van der Waals surface area contributed by atoms with Crippen LogP contribution in [0.1, 0.15) is 36.2 Å². The van der Waals surface area contributed by atoms with E-state index in [1.165, 1.54) is 10.4 Å². The summed E-state index contributed by atoms with van der Waals surface area (Å²) < 4.78 is 0. The van der Waals surface area contributed by atoms with E-state index in [9.17, 15) is 4.79 Å². The first-order valence-electron chi connectivity index (χ1n) is 8.62. The van der Waals surface area contributed by atoms with Crippen LogP contribution in [0.4, 0.5) is 5.82 Å². The lowest BCUT2D eigenvalue weighted by Gasteiger charge is -2.39. The second kappa shape index (κ2) is 6.51. The van der Waals surface area contributed by atoms with E-state index in [0.717, 1.165) is 44.7 Å². The number of anilines is 1. The van der Waals surface area contributed by atoms with Crippen LogP contribution < -0.4 is 4.90 Å². The minimum absolute atomic E-state index is 0.0587. The number of carbonyl (C=O) groups excluding carboxylic acids is 1. The third-order valence-electron chi connectivity index (χ3n) is 5.20. The standard InChI is InChI=1S/C18H22N4OS/c1-13-15-5-10-24-16(15)4-9-22(13)18(23)14-3-2-8-21(12-14)17-11-19-6-7-20-17/h5-7,10-11,13-14H,2-4,8-9,12H2,1H3/t13-,14+/m0/s1. The van der Waals surface area contributed by atoms with Crippen molar-refractivity contribution in [3.05, 3.63) is 40.5 Å². The molecular formula is C18H22N4OS.